The molecule has 0 aromatic carbocycles. The van der Waals surface area contributed by atoms with Crippen LogP contribution >= 0.6 is 0 Å². The molecule has 0 atom stereocenters. The quantitative estimate of drug-likeness (QED) is 0.515. The van der Waals surface area contributed by atoms with E-state index in [1.165, 1.54) is 0 Å². The molecule has 0 unspecified atom stereocenters. The van der Waals surface area contributed by atoms with Crippen molar-refractivity contribution in [1.82, 2.24) is 9.97 Å². The topological polar surface area (TPSA) is 172 Å². The second kappa shape index (κ2) is 17.7. The van der Waals surface area contributed by atoms with Crippen LogP contribution in [0.2, 0.25) is 0 Å². The predicted octanol–water partition coefficient (Wildman–Crippen LogP) is -2.19. The van der Waals surface area contributed by atoms with Gasteiger partial charge in [-0.3, -0.25) is 9.97 Å². The van der Waals surface area contributed by atoms with Gasteiger partial charge in [0.05, 0.1) is 11.4 Å². The normalized spacial score (nSPS) is 7.22. The van der Waals surface area contributed by atoms with Crippen LogP contribution in [-0.2, 0) is 37.3 Å². The Balaban J connectivity index is -0.000000142. The zero-order valence-electron chi connectivity index (χ0n) is 12.6. The SMILES string of the molecule is CC(=O)[O-].CC(=O)[O-].[Co+2].[OH3+].[OH3+].c1ccc(-c2ccccn2)nc1. The minimum atomic E-state index is -1.08. The van der Waals surface area contributed by atoms with E-state index in [4.69, 9.17) is 19.8 Å². The fourth-order valence-corrected chi connectivity index (χ4v) is 1.03. The van der Waals surface area contributed by atoms with Gasteiger partial charge in [0.25, 0.3) is 0 Å². The van der Waals surface area contributed by atoms with Gasteiger partial charge >= 0.3 is 16.8 Å². The molecular formula is C14H20CoN2O6+2. The van der Waals surface area contributed by atoms with Crippen LogP contribution in [0.15, 0.2) is 48.8 Å². The predicted molar refractivity (Wildman–Crippen MR) is 78.6 cm³/mol. The third-order valence-corrected chi connectivity index (χ3v) is 1.59. The Morgan fingerprint density at radius 2 is 1.04 bits per heavy atom. The molecule has 2 aromatic heterocycles. The Hall–Kier alpha value is -2.33. The number of carbonyl (C=O) groups excluding carboxylic acids is 2. The van der Waals surface area contributed by atoms with Crippen molar-refractivity contribution in [3.05, 3.63) is 48.8 Å². The second-order valence-corrected chi connectivity index (χ2v) is 3.41. The van der Waals surface area contributed by atoms with Crippen molar-refractivity contribution in [2.45, 2.75) is 13.8 Å². The van der Waals surface area contributed by atoms with Gasteiger partial charge in [-0.05, 0) is 38.1 Å². The minimum Gasteiger partial charge on any atom is -0.550 e. The summed E-state index contributed by atoms with van der Waals surface area (Å²) in [6.07, 6.45) is 3.54. The number of hydrogen-bond acceptors (Lipinski definition) is 6. The van der Waals surface area contributed by atoms with E-state index in [1.54, 1.807) is 12.4 Å². The first-order valence-electron chi connectivity index (χ1n) is 5.61. The molecule has 6 N–H and O–H groups in total. The van der Waals surface area contributed by atoms with Crippen molar-refractivity contribution in [2.24, 2.45) is 0 Å². The minimum absolute atomic E-state index is 0. The third-order valence-electron chi connectivity index (χ3n) is 1.59. The Bertz CT molecular complexity index is 468. The average Bonchev–Trinajstić information content (AvgIpc) is 2.39. The van der Waals surface area contributed by atoms with Gasteiger partial charge in [-0.15, -0.1) is 0 Å². The molecule has 2 rings (SSSR count). The molecule has 129 valence electrons. The smallest absolute Gasteiger partial charge is 0.550 e. The maximum atomic E-state index is 8.89. The van der Waals surface area contributed by atoms with E-state index in [0.29, 0.717) is 0 Å². The average molecular weight is 371 g/mol. The standard InChI is InChI=1S/C10H8N2.2C2H4O2.Co.2H2O/c1-3-7-11-9(5-1)10-6-2-4-8-12-10;2*1-2(3)4;;;/h1-8H;2*1H3,(H,3,4);;2*1H2/q;;;+2;;. The summed E-state index contributed by atoms with van der Waals surface area (Å²) in [7, 11) is 0. The van der Waals surface area contributed by atoms with Crippen LogP contribution in [0, 0.1) is 0 Å². The van der Waals surface area contributed by atoms with E-state index < -0.39 is 11.9 Å². The van der Waals surface area contributed by atoms with Crippen LogP contribution in [0.1, 0.15) is 13.8 Å². The summed E-state index contributed by atoms with van der Waals surface area (Å²) >= 11 is 0. The summed E-state index contributed by atoms with van der Waals surface area (Å²) in [5, 5.41) is 17.8. The molecule has 0 bridgehead atoms. The van der Waals surface area contributed by atoms with Crippen molar-refractivity contribution >= 4 is 11.9 Å². The molecule has 1 radical (unpaired) electrons. The number of rotatable bonds is 1. The number of aromatic nitrogens is 2. The van der Waals surface area contributed by atoms with Crippen LogP contribution in [0.3, 0.4) is 0 Å². The van der Waals surface area contributed by atoms with Crippen LogP contribution in [-0.4, -0.2) is 21.9 Å². The maximum Gasteiger partial charge on any atom is 2.00 e. The fourth-order valence-electron chi connectivity index (χ4n) is 1.03. The molecule has 23 heavy (non-hydrogen) atoms. The number of pyridine rings is 2. The molecule has 2 aromatic rings. The van der Waals surface area contributed by atoms with Gasteiger partial charge in [-0.25, -0.2) is 0 Å². The van der Waals surface area contributed by atoms with Gasteiger partial charge in [0, 0.05) is 24.3 Å². The number of carboxylic acids is 2. The summed E-state index contributed by atoms with van der Waals surface area (Å²) in [6, 6.07) is 11.6. The Morgan fingerprint density at radius 1 is 0.783 bits per heavy atom. The Kier molecular flexibility index (Phi) is 22.2. The molecule has 0 aliphatic carbocycles. The Morgan fingerprint density at radius 3 is 1.22 bits per heavy atom. The van der Waals surface area contributed by atoms with Crippen molar-refractivity contribution in [1.29, 1.82) is 0 Å². The van der Waals surface area contributed by atoms with Gasteiger partial charge in [0.2, 0.25) is 0 Å². The van der Waals surface area contributed by atoms with Gasteiger partial charge < -0.3 is 30.8 Å². The summed E-state index contributed by atoms with van der Waals surface area (Å²) in [6.45, 7) is 1.94. The van der Waals surface area contributed by atoms with Gasteiger partial charge in [0.1, 0.15) is 0 Å². The summed E-state index contributed by atoms with van der Waals surface area (Å²) in [5.74, 6) is -2.17. The summed E-state index contributed by atoms with van der Waals surface area (Å²) < 4.78 is 0. The molecule has 0 spiro atoms. The van der Waals surface area contributed by atoms with E-state index in [0.717, 1.165) is 25.2 Å². The van der Waals surface area contributed by atoms with Gasteiger partial charge in [-0.2, -0.15) is 0 Å². The summed E-state index contributed by atoms with van der Waals surface area (Å²) in [4.78, 5) is 26.2. The first-order valence-corrected chi connectivity index (χ1v) is 5.61. The fraction of sp³-hybridized carbons (Fsp3) is 0.143. The molecule has 8 nitrogen and oxygen atoms in total. The number of carboxylic acid groups (broad SMARTS) is 2. The molecule has 0 aliphatic heterocycles. The van der Waals surface area contributed by atoms with Crippen LogP contribution in [0.25, 0.3) is 11.4 Å². The molecule has 0 saturated carbocycles. The van der Waals surface area contributed by atoms with Crippen LogP contribution in [0.5, 0.6) is 0 Å². The van der Waals surface area contributed by atoms with E-state index in [-0.39, 0.29) is 27.7 Å². The first-order chi connectivity index (χ1) is 9.43. The zero-order valence-corrected chi connectivity index (χ0v) is 13.7. The molecule has 0 aliphatic rings. The number of hydrogen-bond donors (Lipinski definition) is 0. The van der Waals surface area contributed by atoms with Crippen LogP contribution < -0.4 is 10.2 Å². The number of carbonyl (C=O) groups is 2. The summed E-state index contributed by atoms with van der Waals surface area (Å²) in [5.41, 5.74) is 1.83. The van der Waals surface area contributed by atoms with E-state index in [1.807, 2.05) is 36.4 Å². The van der Waals surface area contributed by atoms with Crippen LogP contribution in [0.4, 0.5) is 0 Å². The van der Waals surface area contributed by atoms with Crippen molar-refractivity contribution in [3.63, 3.8) is 0 Å². The largest absolute Gasteiger partial charge is 2.00 e. The van der Waals surface area contributed by atoms with E-state index in [9.17, 15) is 0 Å². The van der Waals surface area contributed by atoms with E-state index >= 15 is 0 Å². The second-order valence-electron chi connectivity index (χ2n) is 3.41. The van der Waals surface area contributed by atoms with E-state index in [2.05, 4.69) is 9.97 Å². The maximum absolute atomic E-state index is 8.89. The Labute approximate surface area is 144 Å². The molecule has 2 heterocycles. The molecule has 0 amide bonds. The third kappa shape index (κ3) is 19.7. The van der Waals surface area contributed by atoms with Crippen molar-refractivity contribution in [3.8, 4) is 11.4 Å². The monoisotopic (exact) mass is 371 g/mol. The van der Waals surface area contributed by atoms with Crippen molar-refractivity contribution in [2.75, 3.05) is 0 Å². The molecule has 9 heteroatoms. The number of aliphatic carboxylic acids is 2. The van der Waals surface area contributed by atoms with Gasteiger partial charge in [-0.1, -0.05) is 12.1 Å². The zero-order chi connectivity index (χ0) is 15.4. The van der Waals surface area contributed by atoms with Crippen molar-refractivity contribution < 1.29 is 47.5 Å². The molecular weight excluding hydrogens is 351 g/mol. The number of nitrogens with zero attached hydrogens (tertiary/aromatic N) is 2. The van der Waals surface area contributed by atoms with Gasteiger partial charge in [0.15, 0.2) is 0 Å². The molecule has 0 fully saturated rings. The first kappa shape index (κ1) is 28.8. The molecule has 0 saturated heterocycles.